The molecule has 0 amide bonds. The van der Waals surface area contributed by atoms with Crippen molar-refractivity contribution in [2.75, 3.05) is 13.9 Å². The van der Waals surface area contributed by atoms with E-state index in [-0.39, 0.29) is 6.79 Å². The van der Waals surface area contributed by atoms with Crippen LogP contribution in [0.3, 0.4) is 0 Å². The van der Waals surface area contributed by atoms with Gasteiger partial charge in [0.1, 0.15) is 5.75 Å². The number of ether oxygens (including phenoxy) is 2. The highest BCUT2D eigenvalue weighted by molar-refractivity contribution is 5.81. The number of carbonyl (C=O) groups is 1. The quantitative estimate of drug-likeness (QED) is 0.558. The maximum Gasteiger partial charge on any atom is 0.188 e. The van der Waals surface area contributed by atoms with Gasteiger partial charge in [0.15, 0.2) is 13.1 Å². The molecule has 1 aliphatic carbocycles. The molecule has 0 atom stereocenters. The van der Waals surface area contributed by atoms with E-state index in [1.165, 1.54) is 11.1 Å². The summed E-state index contributed by atoms with van der Waals surface area (Å²) >= 11 is 0. The van der Waals surface area contributed by atoms with Gasteiger partial charge in [-0.1, -0.05) is 6.07 Å². The summed E-state index contributed by atoms with van der Waals surface area (Å²) in [7, 11) is 1.57. The Kier molecular flexibility index (Phi) is 3.02. The Balaban J connectivity index is 2.38. The van der Waals surface area contributed by atoms with Gasteiger partial charge in [0.2, 0.25) is 0 Å². The Morgan fingerprint density at radius 3 is 3.00 bits per heavy atom. The molecule has 0 unspecified atom stereocenters. The van der Waals surface area contributed by atoms with Crippen LogP contribution >= 0.6 is 0 Å². The molecule has 0 N–H and O–H groups in total. The third-order valence-corrected chi connectivity index (χ3v) is 2.71. The molecule has 0 spiro atoms. The van der Waals surface area contributed by atoms with E-state index < -0.39 is 0 Å². The second kappa shape index (κ2) is 4.45. The lowest BCUT2D eigenvalue weighted by Crippen LogP contribution is -2.04. The van der Waals surface area contributed by atoms with Crippen molar-refractivity contribution in [3.63, 3.8) is 0 Å². The fourth-order valence-corrected chi connectivity index (χ4v) is 2.03. The lowest BCUT2D eigenvalue weighted by Gasteiger charge is -2.12. The summed E-state index contributed by atoms with van der Waals surface area (Å²) in [6, 6.07) is 3.84. The zero-order chi connectivity index (χ0) is 10.7. The van der Waals surface area contributed by atoms with Crippen LogP contribution < -0.4 is 4.74 Å². The fourth-order valence-electron chi connectivity index (χ4n) is 2.03. The van der Waals surface area contributed by atoms with Crippen LogP contribution in [0.15, 0.2) is 12.1 Å². The summed E-state index contributed by atoms with van der Waals surface area (Å²) in [5, 5.41) is 0. The minimum atomic E-state index is 0.192. The first-order valence-electron chi connectivity index (χ1n) is 5.08. The summed E-state index contributed by atoms with van der Waals surface area (Å²) in [6.45, 7) is 0.192. The average molecular weight is 206 g/mol. The molecule has 0 heterocycles. The number of hydrogen-bond donors (Lipinski definition) is 0. The van der Waals surface area contributed by atoms with Crippen LogP contribution in [0, 0.1) is 0 Å². The summed E-state index contributed by atoms with van der Waals surface area (Å²) in [4.78, 5) is 10.9. The van der Waals surface area contributed by atoms with Crippen molar-refractivity contribution < 1.29 is 14.3 Å². The number of aldehydes is 1. The van der Waals surface area contributed by atoms with Crippen LogP contribution in [0.1, 0.15) is 27.9 Å². The maximum atomic E-state index is 10.9. The molecule has 3 nitrogen and oxygen atoms in total. The summed E-state index contributed by atoms with van der Waals surface area (Å²) in [5.41, 5.74) is 3.09. The zero-order valence-corrected chi connectivity index (χ0v) is 8.79. The number of carbonyl (C=O) groups excluding carboxylic acids is 1. The van der Waals surface area contributed by atoms with Crippen molar-refractivity contribution in [3.05, 3.63) is 28.8 Å². The maximum absolute atomic E-state index is 10.9. The van der Waals surface area contributed by atoms with Crippen LogP contribution in [-0.2, 0) is 17.6 Å². The number of benzene rings is 1. The summed E-state index contributed by atoms with van der Waals surface area (Å²) in [6.07, 6.45) is 4.05. The van der Waals surface area contributed by atoms with Gasteiger partial charge < -0.3 is 9.47 Å². The van der Waals surface area contributed by atoms with E-state index in [1.54, 1.807) is 7.11 Å². The minimum Gasteiger partial charge on any atom is -0.467 e. The minimum absolute atomic E-state index is 0.192. The van der Waals surface area contributed by atoms with E-state index in [0.29, 0.717) is 11.3 Å². The second-order valence-corrected chi connectivity index (χ2v) is 3.64. The Hall–Kier alpha value is -1.35. The molecule has 15 heavy (non-hydrogen) atoms. The molecule has 0 saturated heterocycles. The first-order valence-corrected chi connectivity index (χ1v) is 5.08. The molecule has 1 aromatic rings. The topological polar surface area (TPSA) is 35.5 Å². The fraction of sp³-hybridized carbons (Fsp3) is 0.417. The highest BCUT2D eigenvalue weighted by Crippen LogP contribution is 2.33. The molecule has 0 saturated carbocycles. The van der Waals surface area contributed by atoms with Crippen molar-refractivity contribution in [2.24, 2.45) is 0 Å². The molecule has 0 radical (unpaired) electrons. The highest BCUT2D eigenvalue weighted by atomic mass is 16.7. The first-order chi connectivity index (χ1) is 7.36. The third kappa shape index (κ3) is 1.88. The SMILES string of the molecule is COCOc1c(C=O)ccc2c1CCC2. The van der Waals surface area contributed by atoms with Gasteiger partial charge >= 0.3 is 0 Å². The van der Waals surface area contributed by atoms with E-state index >= 15 is 0 Å². The van der Waals surface area contributed by atoms with Crippen molar-refractivity contribution >= 4 is 6.29 Å². The van der Waals surface area contributed by atoms with E-state index in [2.05, 4.69) is 0 Å². The number of methoxy groups -OCH3 is 1. The second-order valence-electron chi connectivity index (χ2n) is 3.64. The smallest absolute Gasteiger partial charge is 0.188 e. The van der Waals surface area contributed by atoms with Gasteiger partial charge in [-0.2, -0.15) is 0 Å². The van der Waals surface area contributed by atoms with E-state index in [0.717, 1.165) is 25.5 Å². The van der Waals surface area contributed by atoms with Crippen LogP contribution in [0.2, 0.25) is 0 Å². The van der Waals surface area contributed by atoms with Crippen molar-refractivity contribution in [1.29, 1.82) is 0 Å². The van der Waals surface area contributed by atoms with Gasteiger partial charge in [0.05, 0.1) is 5.56 Å². The van der Waals surface area contributed by atoms with Crippen LogP contribution in [0.25, 0.3) is 0 Å². The number of aryl methyl sites for hydroxylation is 1. The Bertz CT molecular complexity index is 371. The van der Waals surface area contributed by atoms with Gasteiger partial charge in [0.25, 0.3) is 0 Å². The molecule has 1 aromatic carbocycles. The van der Waals surface area contributed by atoms with Crippen LogP contribution in [0.5, 0.6) is 5.75 Å². The average Bonchev–Trinajstić information content (AvgIpc) is 2.73. The van der Waals surface area contributed by atoms with Crippen molar-refractivity contribution in [2.45, 2.75) is 19.3 Å². The molecule has 80 valence electrons. The number of fused-ring (bicyclic) bond motifs is 1. The van der Waals surface area contributed by atoms with Gasteiger partial charge in [-0.3, -0.25) is 4.79 Å². The molecule has 0 aliphatic heterocycles. The van der Waals surface area contributed by atoms with Gasteiger partial charge in [-0.15, -0.1) is 0 Å². The van der Waals surface area contributed by atoms with Crippen molar-refractivity contribution in [3.8, 4) is 5.75 Å². The predicted molar refractivity (Wildman–Crippen MR) is 56.4 cm³/mol. The van der Waals surface area contributed by atoms with Crippen LogP contribution in [0.4, 0.5) is 0 Å². The van der Waals surface area contributed by atoms with Gasteiger partial charge in [-0.25, -0.2) is 0 Å². The molecule has 0 fully saturated rings. The van der Waals surface area contributed by atoms with Gasteiger partial charge in [0, 0.05) is 7.11 Å². The zero-order valence-electron chi connectivity index (χ0n) is 8.79. The van der Waals surface area contributed by atoms with E-state index in [4.69, 9.17) is 9.47 Å². The van der Waals surface area contributed by atoms with E-state index in [9.17, 15) is 4.79 Å². The number of hydrogen-bond acceptors (Lipinski definition) is 3. The standard InChI is InChI=1S/C12H14O3/c1-14-8-15-12-10(7-13)6-5-9-3-2-4-11(9)12/h5-7H,2-4,8H2,1H3. The van der Waals surface area contributed by atoms with E-state index in [1.807, 2.05) is 12.1 Å². The molecular formula is C12H14O3. The summed E-state index contributed by atoms with van der Waals surface area (Å²) in [5.74, 6) is 0.710. The largest absolute Gasteiger partial charge is 0.467 e. The normalized spacial score (nSPS) is 13.7. The Morgan fingerprint density at radius 1 is 1.40 bits per heavy atom. The molecule has 0 aromatic heterocycles. The molecule has 2 rings (SSSR count). The molecule has 3 heteroatoms. The monoisotopic (exact) mass is 206 g/mol. The number of rotatable bonds is 4. The molecule has 0 bridgehead atoms. The Morgan fingerprint density at radius 2 is 2.27 bits per heavy atom. The molecular weight excluding hydrogens is 192 g/mol. The summed E-state index contributed by atoms with van der Waals surface area (Å²) < 4.78 is 10.3. The van der Waals surface area contributed by atoms with Crippen molar-refractivity contribution in [1.82, 2.24) is 0 Å². The lowest BCUT2D eigenvalue weighted by molar-refractivity contribution is 0.0499. The first kappa shape index (κ1) is 10.2. The molecule has 1 aliphatic rings. The highest BCUT2D eigenvalue weighted by Gasteiger charge is 2.18. The van der Waals surface area contributed by atoms with Gasteiger partial charge in [-0.05, 0) is 36.5 Å². The predicted octanol–water partition coefficient (Wildman–Crippen LogP) is 1.97. The van der Waals surface area contributed by atoms with Crippen LogP contribution in [-0.4, -0.2) is 20.2 Å². The lowest BCUT2D eigenvalue weighted by atomic mass is 10.1. The third-order valence-electron chi connectivity index (χ3n) is 2.71. The Labute approximate surface area is 89.0 Å².